The lowest BCUT2D eigenvalue weighted by atomic mass is 9.88. The third-order valence-corrected chi connectivity index (χ3v) is 3.69. The van der Waals surface area contributed by atoms with Crippen molar-refractivity contribution in [3.05, 3.63) is 0 Å². The third-order valence-electron chi connectivity index (χ3n) is 3.69. The first-order valence-electron chi connectivity index (χ1n) is 7.03. The minimum absolute atomic E-state index is 0.0912. The van der Waals surface area contributed by atoms with Crippen LogP contribution >= 0.6 is 0 Å². The van der Waals surface area contributed by atoms with E-state index < -0.39 is 23.9 Å². The second-order valence-electron chi connectivity index (χ2n) is 5.59. The molecular weight excluding hydrogens is 262 g/mol. The van der Waals surface area contributed by atoms with E-state index in [1.807, 2.05) is 0 Å². The van der Waals surface area contributed by atoms with Gasteiger partial charge in [-0.2, -0.15) is 0 Å². The van der Waals surface area contributed by atoms with Crippen molar-refractivity contribution in [3.8, 4) is 0 Å². The van der Waals surface area contributed by atoms with E-state index in [9.17, 15) is 14.4 Å². The fraction of sp³-hybridized carbons (Fsp3) is 0.769. The summed E-state index contributed by atoms with van der Waals surface area (Å²) in [5.41, 5.74) is 2.40. The summed E-state index contributed by atoms with van der Waals surface area (Å²) in [6.07, 6.45) is 3.69. The van der Waals surface area contributed by atoms with Crippen LogP contribution in [0.3, 0.4) is 0 Å². The molecule has 1 aliphatic carbocycles. The molecule has 0 aromatic carbocycles. The monoisotopic (exact) mass is 283 g/mol. The maximum Gasteiger partial charge on any atom is 0.343 e. The van der Waals surface area contributed by atoms with Crippen molar-refractivity contribution < 1.29 is 19.1 Å². The molecule has 0 aromatic rings. The Kier molecular flexibility index (Phi) is 4.59. The molecule has 7 nitrogen and oxygen atoms in total. The Morgan fingerprint density at radius 3 is 2.80 bits per heavy atom. The molecule has 1 saturated heterocycles. The molecule has 112 valence electrons. The average molecular weight is 283 g/mol. The molecule has 1 aliphatic heterocycles. The molecule has 20 heavy (non-hydrogen) atoms. The minimum atomic E-state index is -0.645. The van der Waals surface area contributed by atoms with Crippen molar-refractivity contribution in [2.24, 2.45) is 5.92 Å². The second-order valence-corrected chi connectivity index (χ2v) is 5.59. The third kappa shape index (κ3) is 3.69. The summed E-state index contributed by atoms with van der Waals surface area (Å²) in [5, 5.41) is 3.06. The fourth-order valence-electron chi connectivity index (χ4n) is 2.61. The molecule has 0 radical (unpaired) electrons. The predicted molar refractivity (Wildman–Crippen MR) is 70.4 cm³/mol. The van der Waals surface area contributed by atoms with Crippen LogP contribution in [0.2, 0.25) is 0 Å². The van der Waals surface area contributed by atoms with Gasteiger partial charge in [-0.05, 0) is 25.7 Å². The van der Waals surface area contributed by atoms with Crippen LogP contribution in [0.1, 0.15) is 39.5 Å². The summed E-state index contributed by atoms with van der Waals surface area (Å²) < 4.78 is 5.74. The van der Waals surface area contributed by atoms with Crippen LogP contribution in [0.5, 0.6) is 0 Å². The molecule has 2 N–H and O–H groups in total. The van der Waals surface area contributed by atoms with Crippen molar-refractivity contribution in [3.63, 3.8) is 0 Å². The highest BCUT2D eigenvalue weighted by molar-refractivity contribution is 6.02. The SMILES string of the molecule is C[C@@H]1CCC[C@H](O[C@H](C)C(=O)NN2CC(=O)NC2=O)C1. The van der Waals surface area contributed by atoms with Crippen LogP contribution < -0.4 is 10.7 Å². The smallest absolute Gasteiger partial charge is 0.343 e. The van der Waals surface area contributed by atoms with Crippen molar-refractivity contribution in [2.45, 2.75) is 51.7 Å². The summed E-state index contributed by atoms with van der Waals surface area (Å²) in [7, 11) is 0. The van der Waals surface area contributed by atoms with Crippen LogP contribution in [0, 0.1) is 5.92 Å². The number of ether oxygens (including phenoxy) is 1. The first-order chi connectivity index (χ1) is 9.45. The number of nitrogens with one attached hydrogen (secondary N) is 2. The van der Waals surface area contributed by atoms with Gasteiger partial charge in [0.05, 0.1) is 6.10 Å². The number of rotatable bonds is 4. The molecule has 0 bridgehead atoms. The number of carbonyl (C=O) groups is 3. The Labute approximate surface area is 118 Å². The molecule has 1 saturated carbocycles. The highest BCUT2D eigenvalue weighted by Gasteiger charge is 2.30. The van der Waals surface area contributed by atoms with Gasteiger partial charge in [-0.1, -0.05) is 19.8 Å². The molecule has 0 spiro atoms. The molecule has 1 heterocycles. The molecule has 0 unspecified atom stereocenters. The largest absolute Gasteiger partial charge is 0.365 e. The van der Waals surface area contributed by atoms with Gasteiger partial charge in [0.1, 0.15) is 12.6 Å². The molecule has 3 atom stereocenters. The number of nitrogens with zero attached hydrogens (tertiary/aromatic N) is 1. The zero-order chi connectivity index (χ0) is 14.7. The molecule has 0 aromatic heterocycles. The molecule has 4 amide bonds. The highest BCUT2D eigenvalue weighted by Crippen LogP contribution is 2.26. The number of hydrogen-bond donors (Lipinski definition) is 2. The van der Waals surface area contributed by atoms with E-state index >= 15 is 0 Å². The van der Waals surface area contributed by atoms with Gasteiger partial charge in [-0.15, -0.1) is 0 Å². The molecule has 2 fully saturated rings. The van der Waals surface area contributed by atoms with Gasteiger partial charge in [0.2, 0.25) is 5.91 Å². The Bertz CT molecular complexity index is 412. The van der Waals surface area contributed by atoms with Gasteiger partial charge >= 0.3 is 6.03 Å². The summed E-state index contributed by atoms with van der Waals surface area (Å²) in [5.74, 6) is -0.218. The first-order valence-corrected chi connectivity index (χ1v) is 7.03. The van der Waals surface area contributed by atoms with Crippen molar-refractivity contribution in [2.75, 3.05) is 6.54 Å². The first kappa shape index (κ1) is 14.8. The Morgan fingerprint density at radius 1 is 1.45 bits per heavy atom. The molecule has 2 aliphatic rings. The van der Waals surface area contributed by atoms with E-state index in [0.29, 0.717) is 5.92 Å². The molecule has 7 heteroatoms. The summed E-state index contributed by atoms with van der Waals surface area (Å²) in [6, 6.07) is -0.609. The van der Waals surface area contributed by atoms with Crippen LogP contribution in [-0.4, -0.2) is 41.6 Å². The normalized spacial score (nSPS) is 28.2. The number of urea groups is 1. The Hall–Kier alpha value is -1.63. The zero-order valence-corrected chi connectivity index (χ0v) is 11.8. The lowest BCUT2D eigenvalue weighted by molar-refractivity contribution is -0.140. The van der Waals surface area contributed by atoms with Crippen LogP contribution in [0.4, 0.5) is 4.79 Å². The van der Waals surface area contributed by atoms with E-state index in [4.69, 9.17) is 4.74 Å². The van der Waals surface area contributed by atoms with E-state index in [-0.39, 0.29) is 12.6 Å². The fourth-order valence-corrected chi connectivity index (χ4v) is 2.61. The maximum absolute atomic E-state index is 11.9. The van der Waals surface area contributed by atoms with Crippen molar-refractivity contribution >= 4 is 17.8 Å². The zero-order valence-electron chi connectivity index (χ0n) is 11.8. The van der Waals surface area contributed by atoms with Crippen LogP contribution in [0.15, 0.2) is 0 Å². The highest BCUT2D eigenvalue weighted by atomic mass is 16.5. The number of hydrogen-bond acceptors (Lipinski definition) is 4. The standard InChI is InChI=1S/C13H21N3O4/c1-8-4-3-5-10(6-8)20-9(2)12(18)15-16-7-11(17)14-13(16)19/h8-10H,3-7H2,1-2H3,(H,15,18)(H,14,17,19)/t8-,9-,10+/m1/s1. The second kappa shape index (κ2) is 6.21. The number of hydrazine groups is 1. The van der Waals surface area contributed by atoms with Crippen molar-refractivity contribution in [1.29, 1.82) is 0 Å². The topological polar surface area (TPSA) is 87.7 Å². The van der Waals surface area contributed by atoms with Gasteiger partial charge in [-0.25, -0.2) is 9.80 Å². The van der Waals surface area contributed by atoms with E-state index in [0.717, 1.165) is 24.3 Å². The molecule has 2 rings (SSSR count). The Morgan fingerprint density at radius 2 is 2.20 bits per heavy atom. The minimum Gasteiger partial charge on any atom is -0.365 e. The Balaban J connectivity index is 1.80. The molecular formula is C13H21N3O4. The quantitative estimate of drug-likeness (QED) is 0.738. The maximum atomic E-state index is 11.9. The average Bonchev–Trinajstić information content (AvgIpc) is 2.67. The van der Waals surface area contributed by atoms with Gasteiger partial charge in [0.25, 0.3) is 5.91 Å². The van der Waals surface area contributed by atoms with Gasteiger partial charge < -0.3 is 4.74 Å². The van der Waals surface area contributed by atoms with E-state index in [1.54, 1.807) is 6.92 Å². The van der Waals surface area contributed by atoms with Gasteiger partial charge in [0, 0.05) is 0 Å². The van der Waals surface area contributed by atoms with Crippen LogP contribution in [-0.2, 0) is 14.3 Å². The summed E-state index contributed by atoms with van der Waals surface area (Å²) in [4.78, 5) is 34.3. The van der Waals surface area contributed by atoms with Gasteiger partial charge in [-0.3, -0.25) is 20.3 Å². The number of amides is 4. The summed E-state index contributed by atoms with van der Waals surface area (Å²) in [6.45, 7) is 3.68. The summed E-state index contributed by atoms with van der Waals surface area (Å²) >= 11 is 0. The van der Waals surface area contributed by atoms with Gasteiger partial charge in [0.15, 0.2) is 0 Å². The van der Waals surface area contributed by atoms with Crippen molar-refractivity contribution in [1.82, 2.24) is 15.8 Å². The van der Waals surface area contributed by atoms with E-state index in [2.05, 4.69) is 17.7 Å². The number of imide groups is 1. The number of carbonyl (C=O) groups excluding carboxylic acids is 3. The van der Waals surface area contributed by atoms with E-state index in [1.165, 1.54) is 6.42 Å². The van der Waals surface area contributed by atoms with Crippen LogP contribution in [0.25, 0.3) is 0 Å². The lowest BCUT2D eigenvalue weighted by Gasteiger charge is -2.29. The predicted octanol–water partition coefficient (Wildman–Crippen LogP) is 0.553. The lowest BCUT2D eigenvalue weighted by Crippen LogP contribution is -2.48.